The average Bonchev–Trinajstić information content (AvgIpc) is 3.29. The lowest BCUT2D eigenvalue weighted by Crippen LogP contribution is -2.60. The van der Waals surface area contributed by atoms with Crippen molar-refractivity contribution in [2.24, 2.45) is 17.8 Å². The number of benzene rings is 2. The molecule has 2 heterocycles. The molecule has 1 saturated carbocycles. The van der Waals surface area contributed by atoms with E-state index in [-0.39, 0.29) is 35.7 Å². The first-order valence-corrected chi connectivity index (χ1v) is 14.7. The summed E-state index contributed by atoms with van der Waals surface area (Å²) in [5, 5.41) is 21.9. The molecule has 1 N–H and O–H groups in total. The van der Waals surface area contributed by atoms with Crippen LogP contribution >= 0.6 is 45.8 Å². The average molecular weight is 726 g/mol. The van der Waals surface area contributed by atoms with Gasteiger partial charge in [0, 0.05) is 25.1 Å². The van der Waals surface area contributed by atoms with E-state index in [9.17, 15) is 34.4 Å². The number of nitrogens with zero attached hydrogens (tertiary/aromatic N) is 3. The zero-order chi connectivity index (χ0) is 30.5. The fourth-order valence-corrected chi connectivity index (χ4v) is 8.68. The van der Waals surface area contributed by atoms with Crippen molar-refractivity contribution in [1.82, 2.24) is 4.90 Å². The number of halogens is 3. The highest BCUT2D eigenvalue weighted by molar-refractivity contribution is 14.1. The Balaban J connectivity index is 1.52. The number of hydrogen-bond donors (Lipinski definition) is 1. The highest BCUT2D eigenvalue weighted by Gasteiger charge is 2.76. The van der Waals surface area contributed by atoms with Crippen LogP contribution < -0.4 is 9.64 Å². The normalized spacial score (nSPS) is 32.0. The molecule has 11 nitrogen and oxygen atoms in total. The topological polar surface area (TPSA) is 147 Å². The number of allylic oxidation sites excluding steroid dienone is 2. The van der Waals surface area contributed by atoms with Crippen molar-refractivity contribution >= 4 is 80.8 Å². The second-order valence-corrected chi connectivity index (χ2v) is 13.2. The van der Waals surface area contributed by atoms with Gasteiger partial charge in [-0.25, -0.2) is 4.90 Å². The van der Waals surface area contributed by atoms with E-state index in [2.05, 4.69) is 0 Å². The molecular weight excluding hydrogens is 704 g/mol. The summed E-state index contributed by atoms with van der Waals surface area (Å²) in [4.78, 5) is 63.6. The SMILES string of the molecule is COc1cc(C2C3=CCC4C(=O)N(c5cccc([N+](=O)[O-])c5)C(=O)C4C3CC3(Cl)C(=O)N(C)C(=O)C23Cl)cc(I)c1O. The van der Waals surface area contributed by atoms with Crippen molar-refractivity contribution in [1.29, 1.82) is 0 Å². The second kappa shape index (κ2) is 9.64. The Bertz CT molecular complexity index is 1670. The molecule has 6 rings (SSSR count). The van der Waals surface area contributed by atoms with E-state index >= 15 is 0 Å². The van der Waals surface area contributed by atoms with E-state index in [1.54, 1.807) is 12.1 Å². The van der Waals surface area contributed by atoms with Crippen molar-refractivity contribution in [2.45, 2.75) is 28.5 Å². The van der Waals surface area contributed by atoms with Crippen molar-refractivity contribution in [3.63, 3.8) is 0 Å². The van der Waals surface area contributed by atoms with Gasteiger partial charge in [0.15, 0.2) is 21.2 Å². The number of carbonyl (C=O) groups excluding carboxylic acids is 4. The van der Waals surface area contributed by atoms with Crippen LogP contribution in [0.5, 0.6) is 11.5 Å². The van der Waals surface area contributed by atoms with Gasteiger partial charge in [-0.1, -0.05) is 17.7 Å². The van der Waals surface area contributed by atoms with Gasteiger partial charge in [0.05, 0.1) is 33.1 Å². The molecule has 2 saturated heterocycles. The number of phenolic OH excluding ortho intramolecular Hbond substituents is 1. The number of rotatable bonds is 4. The molecule has 3 fully saturated rings. The predicted octanol–water partition coefficient (Wildman–Crippen LogP) is 4.11. The number of amides is 4. The fourth-order valence-electron chi connectivity index (χ4n) is 7.03. The third kappa shape index (κ3) is 3.63. The number of non-ortho nitro benzene ring substituents is 1. The fraction of sp³-hybridized carbons (Fsp3) is 0.357. The minimum absolute atomic E-state index is 0.0689. The minimum Gasteiger partial charge on any atom is -0.504 e. The number of nitro groups is 1. The number of fused-ring (bicyclic) bond motifs is 4. The van der Waals surface area contributed by atoms with Gasteiger partial charge < -0.3 is 9.84 Å². The molecule has 4 aliphatic rings. The van der Waals surface area contributed by atoms with Crippen LogP contribution in [0.4, 0.5) is 11.4 Å². The molecule has 0 radical (unpaired) electrons. The van der Waals surface area contributed by atoms with Gasteiger partial charge in [0.1, 0.15) is 0 Å². The summed E-state index contributed by atoms with van der Waals surface area (Å²) in [6.07, 6.45) is 1.72. The third-order valence-electron chi connectivity index (χ3n) is 8.92. The largest absolute Gasteiger partial charge is 0.504 e. The number of phenols is 1. The molecule has 218 valence electrons. The third-order valence-corrected chi connectivity index (χ3v) is 11.2. The zero-order valence-corrected chi connectivity index (χ0v) is 25.7. The van der Waals surface area contributed by atoms with Crippen LogP contribution in [-0.4, -0.2) is 62.5 Å². The monoisotopic (exact) mass is 725 g/mol. The lowest BCUT2D eigenvalue weighted by molar-refractivity contribution is -0.384. The Morgan fingerprint density at radius 3 is 2.48 bits per heavy atom. The maximum absolute atomic E-state index is 14.0. The molecule has 14 heteroatoms. The van der Waals surface area contributed by atoms with E-state index < -0.39 is 62.0 Å². The first-order chi connectivity index (χ1) is 19.8. The Hall–Kier alpha value is -3.23. The Morgan fingerprint density at radius 1 is 1.10 bits per heavy atom. The van der Waals surface area contributed by atoms with Crippen molar-refractivity contribution < 1.29 is 33.9 Å². The molecule has 2 aliphatic carbocycles. The standard InChI is InChI=1S/C28H22Cl2IN3O8/c1-32-25(38)27(29)11-17-15(21(28(27,30)26(32)39)12-8-18(31)22(35)19(9-12)42-2)6-7-16-20(17)24(37)33(23(16)36)13-4-3-5-14(10-13)34(40)41/h3-6,8-10,16-17,20-21,35H,7,11H2,1-2H3. The molecule has 0 spiro atoms. The van der Waals surface area contributed by atoms with Crippen LogP contribution in [0.3, 0.4) is 0 Å². The smallest absolute Gasteiger partial charge is 0.271 e. The zero-order valence-electron chi connectivity index (χ0n) is 22.0. The Labute approximate surface area is 262 Å². The number of nitro benzene ring substituents is 1. The van der Waals surface area contributed by atoms with E-state index in [1.807, 2.05) is 22.6 Å². The van der Waals surface area contributed by atoms with Crippen molar-refractivity contribution in [3.8, 4) is 11.5 Å². The summed E-state index contributed by atoms with van der Waals surface area (Å²) in [6.45, 7) is 0. The maximum Gasteiger partial charge on any atom is 0.271 e. The summed E-state index contributed by atoms with van der Waals surface area (Å²) in [5.74, 6) is -6.08. The Kier molecular flexibility index (Phi) is 6.63. The van der Waals surface area contributed by atoms with E-state index in [1.165, 1.54) is 38.4 Å². The molecular formula is C28H22Cl2IN3O8. The van der Waals surface area contributed by atoms with Gasteiger partial charge in [-0.3, -0.25) is 34.2 Å². The molecule has 4 amide bonds. The van der Waals surface area contributed by atoms with Crippen molar-refractivity contribution in [2.75, 3.05) is 19.1 Å². The van der Waals surface area contributed by atoms with Gasteiger partial charge in [-0.2, -0.15) is 0 Å². The van der Waals surface area contributed by atoms with E-state index in [0.29, 0.717) is 14.7 Å². The number of likely N-dealkylation sites (tertiary alicyclic amines) is 1. The van der Waals surface area contributed by atoms with Crippen LogP contribution in [-0.2, 0) is 19.2 Å². The number of carbonyl (C=O) groups is 4. The Morgan fingerprint density at radius 2 is 1.81 bits per heavy atom. The molecule has 2 aromatic rings. The molecule has 0 bridgehead atoms. The highest BCUT2D eigenvalue weighted by atomic mass is 127. The lowest BCUT2D eigenvalue weighted by Gasteiger charge is -2.50. The summed E-state index contributed by atoms with van der Waals surface area (Å²) in [7, 11) is 2.67. The van der Waals surface area contributed by atoms with Crippen LogP contribution in [0.2, 0.25) is 0 Å². The van der Waals surface area contributed by atoms with Gasteiger partial charge in [-0.05, 0) is 65.1 Å². The number of aromatic hydroxyl groups is 1. The number of hydrogen-bond acceptors (Lipinski definition) is 8. The quantitative estimate of drug-likeness (QED) is 0.124. The van der Waals surface area contributed by atoms with Crippen molar-refractivity contribution in [3.05, 3.63) is 67.3 Å². The van der Waals surface area contributed by atoms with Crippen LogP contribution in [0.1, 0.15) is 24.3 Å². The summed E-state index contributed by atoms with van der Waals surface area (Å²) < 4.78 is 5.75. The van der Waals surface area contributed by atoms with Gasteiger partial charge in [0.25, 0.3) is 17.5 Å². The maximum atomic E-state index is 14.0. The molecule has 2 aliphatic heterocycles. The number of imide groups is 2. The van der Waals surface area contributed by atoms with E-state index in [0.717, 1.165) is 15.9 Å². The van der Waals surface area contributed by atoms with Crippen LogP contribution in [0.15, 0.2) is 48.0 Å². The minimum atomic E-state index is -1.98. The molecule has 6 atom stereocenters. The first kappa shape index (κ1) is 28.9. The molecule has 42 heavy (non-hydrogen) atoms. The van der Waals surface area contributed by atoms with Gasteiger partial charge >= 0.3 is 0 Å². The summed E-state index contributed by atoms with van der Waals surface area (Å²) in [6, 6.07) is 8.40. The molecule has 2 aromatic carbocycles. The van der Waals surface area contributed by atoms with Gasteiger partial charge in [0.2, 0.25) is 11.8 Å². The number of ether oxygens (including phenoxy) is 1. The molecule has 6 unspecified atom stereocenters. The van der Waals surface area contributed by atoms with Gasteiger partial charge in [-0.15, -0.1) is 23.2 Å². The van der Waals surface area contributed by atoms with E-state index in [4.69, 9.17) is 27.9 Å². The second-order valence-electron chi connectivity index (χ2n) is 10.8. The number of anilines is 1. The van der Waals surface area contributed by atoms with Crippen LogP contribution in [0, 0.1) is 31.4 Å². The highest BCUT2D eigenvalue weighted by Crippen LogP contribution is 2.65. The summed E-state index contributed by atoms with van der Waals surface area (Å²) >= 11 is 16.2. The van der Waals surface area contributed by atoms with Crippen LogP contribution in [0.25, 0.3) is 0 Å². The predicted molar refractivity (Wildman–Crippen MR) is 158 cm³/mol. The first-order valence-electron chi connectivity index (χ1n) is 12.9. The number of methoxy groups -OCH3 is 1. The summed E-state index contributed by atoms with van der Waals surface area (Å²) in [5.41, 5.74) is 0.802. The molecule has 0 aromatic heterocycles. The lowest BCUT2D eigenvalue weighted by atomic mass is 9.56. The number of alkyl halides is 2.